The molecule has 0 heterocycles. The Kier molecular flexibility index (Phi) is 4.15. The Balaban J connectivity index is 3.22. The number of aromatic hydroxyl groups is 1. The van der Waals surface area contributed by atoms with Crippen molar-refractivity contribution in [2.45, 2.75) is 12.3 Å². The number of halogens is 1. The molecule has 0 aliphatic rings. The maximum Gasteiger partial charge on any atom is 0.310 e. The minimum Gasteiger partial charge on any atom is -0.506 e. The fourth-order valence-electron chi connectivity index (χ4n) is 1.31. The number of rotatable bonds is 3. The molecule has 0 saturated heterocycles. The van der Waals surface area contributed by atoms with Gasteiger partial charge < -0.3 is 9.84 Å². The summed E-state index contributed by atoms with van der Waals surface area (Å²) in [5, 5.41) is 18.5. The van der Waals surface area contributed by atoms with Gasteiger partial charge in [-0.05, 0) is 11.6 Å². The molecule has 0 atom stereocenters. The van der Waals surface area contributed by atoms with E-state index in [4.69, 9.17) is 16.9 Å². The predicted octanol–water partition coefficient (Wildman–Crippen LogP) is 1.72. The lowest BCUT2D eigenvalue weighted by atomic mass is 10.0. The van der Waals surface area contributed by atoms with Crippen LogP contribution in [0.1, 0.15) is 16.7 Å². The Morgan fingerprint density at radius 1 is 1.62 bits per heavy atom. The highest BCUT2D eigenvalue weighted by atomic mass is 35.5. The average molecular weight is 240 g/mol. The second-order valence-electron chi connectivity index (χ2n) is 3.10. The quantitative estimate of drug-likeness (QED) is 0.644. The SMILES string of the molecule is COC(=O)Cc1c(CCl)ccc(C#N)c1O. The summed E-state index contributed by atoms with van der Waals surface area (Å²) in [6.07, 6.45) is -0.0973. The minimum absolute atomic E-state index is 0.0973. The monoisotopic (exact) mass is 239 g/mol. The van der Waals surface area contributed by atoms with Crippen molar-refractivity contribution in [1.29, 1.82) is 5.26 Å². The van der Waals surface area contributed by atoms with Crippen LogP contribution < -0.4 is 0 Å². The number of nitriles is 1. The molecule has 0 aromatic heterocycles. The number of carbonyl (C=O) groups is 1. The van der Waals surface area contributed by atoms with Crippen LogP contribution in [0, 0.1) is 11.3 Å². The van der Waals surface area contributed by atoms with E-state index < -0.39 is 5.97 Å². The van der Waals surface area contributed by atoms with Gasteiger partial charge >= 0.3 is 5.97 Å². The lowest BCUT2D eigenvalue weighted by Gasteiger charge is -2.09. The molecule has 4 nitrogen and oxygen atoms in total. The van der Waals surface area contributed by atoms with Crippen LogP contribution in [0.2, 0.25) is 0 Å². The van der Waals surface area contributed by atoms with E-state index in [-0.39, 0.29) is 23.6 Å². The summed E-state index contributed by atoms with van der Waals surface area (Å²) in [6, 6.07) is 4.91. The van der Waals surface area contributed by atoms with Gasteiger partial charge in [0.1, 0.15) is 11.8 Å². The number of methoxy groups -OCH3 is 1. The summed E-state index contributed by atoms with van der Waals surface area (Å²) >= 11 is 5.68. The molecule has 84 valence electrons. The normalized spacial score (nSPS) is 9.56. The first-order chi connectivity index (χ1) is 7.63. The number of hydrogen-bond acceptors (Lipinski definition) is 4. The molecular formula is C11H10ClNO3. The molecule has 1 aromatic carbocycles. The Hall–Kier alpha value is -1.73. The zero-order chi connectivity index (χ0) is 12.1. The van der Waals surface area contributed by atoms with Gasteiger partial charge in [-0.1, -0.05) is 6.07 Å². The van der Waals surface area contributed by atoms with E-state index in [0.717, 1.165) is 0 Å². The maximum atomic E-state index is 11.1. The Bertz CT molecular complexity index is 451. The van der Waals surface area contributed by atoms with Crippen LogP contribution >= 0.6 is 11.6 Å². The zero-order valence-electron chi connectivity index (χ0n) is 8.66. The minimum atomic E-state index is -0.489. The standard InChI is InChI=1S/C11H10ClNO3/c1-16-10(14)4-9-7(5-12)2-3-8(6-13)11(9)15/h2-3,15H,4-5H2,1H3. The third-order valence-electron chi connectivity index (χ3n) is 2.19. The van der Waals surface area contributed by atoms with Crippen molar-refractivity contribution in [3.05, 3.63) is 28.8 Å². The summed E-state index contributed by atoms with van der Waals surface area (Å²) < 4.78 is 4.51. The van der Waals surface area contributed by atoms with Gasteiger partial charge in [0.2, 0.25) is 0 Å². The highest BCUT2D eigenvalue weighted by Crippen LogP contribution is 2.27. The number of carbonyl (C=O) groups excluding carboxylic acids is 1. The van der Waals surface area contributed by atoms with Gasteiger partial charge in [0.05, 0.1) is 19.1 Å². The molecular weight excluding hydrogens is 230 g/mol. The average Bonchev–Trinajstić information content (AvgIpc) is 2.31. The van der Waals surface area contributed by atoms with Crippen molar-refractivity contribution in [1.82, 2.24) is 0 Å². The molecule has 0 bridgehead atoms. The number of alkyl halides is 1. The maximum absolute atomic E-state index is 11.1. The van der Waals surface area contributed by atoms with E-state index >= 15 is 0 Å². The van der Waals surface area contributed by atoms with Gasteiger partial charge in [0.15, 0.2) is 0 Å². The number of ether oxygens (including phenoxy) is 1. The van der Waals surface area contributed by atoms with Crippen LogP contribution in [0.5, 0.6) is 5.75 Å². The number of phenols is 1. The molecule has 1 N–H and O–H groups in total. The van der Waals surface area contributed by atoms with E-state index in [2.05, 4.69) is 4.74 Å². The smallest absolute Gasteiger partial charge is 0.310 e. The van der Waals surface area contributed by atoms with Gasteiger partial charge in [-0.2, -0.15) is 5.26 Å². The number of hydrogen-bond donors (Lipinski definition) is 1. The summed E-state index contributed by atoms with van der Waals surface area (Å²) in [5.41, 5.74) is 1.08. The van der Waals surface area contributed by atoms with Gasteiger partial charge in [-0.15, -0.1) is 11.6 Å². The molecule has 1 rings (SSSR count). The molecule has 0 spiro atoms. The van der Waals surface area contributed by atoms with E-state index in [1.165, 1.54) is 13.2 Å². The summed E-state index contributed by atoms with van der Waals surface area (Å²) in [7, 11) is 1.26. The third-order valence-corrected chi connectivity index (χ3v) is 2.48. The molecule has 0 radical (unpaired) electrons. The zero-order valence-corrected chi connectivity index (χ0v) is 9.41. The van der Waals surface area contributed by atoms with Gasteiger partial charge in [-0.25, -0.2) is 0 Å². The predicted molar refractivity (Wildman–Crippen MR) is 58.1 cm³/mol. The van der Waals surface area contributed by atoms with E-state index in [9.17, 15) is 9.90 Å². The molecule has 0 amide bonds. The van der Waals surface area contributed by atoms with Gasteiger partial charge in [-0.3, -0.25) is 4.79 Å². The van der Waals surface area contributed by atoms with Crippen molar-refractivity contribution in [2.24, 2.45) is 0 Å². The van der Waals surface area contributed by atoms with Gasteiger partial charge in [0, 0.05) is 11.4 Å². The summed E-state index contributed by atoms with van der Waals surface area (Å²) in [5.74, 6) is -0.534. The number of benzene rings is 1. The van der Waals surface area contributed by atoms with E-state index in [1.54, 1.807) is 6.07 Å². The molecule has 0 fully saturated rings. The molecule has 0 unspecified atom stereocenters. The number of phenolic OH excluding ortho intramolecular Hbond substituents is 1. The summed E-state index contributed by atoms with van der Waals surface area (Å²) in [6.45, 7) is 0. The molecule has 1 aromatic rings. The van der Waals surface area contributed by atoms with Crippen LogP contribution in [0.4, 0.5) is 0 Å². The second-order valence-corrected chi connectivity index (χ2v) is 3.37. The fourth-order valence-corrected chi connectivity index (χ4v) is 1.56. The first-order valence-corrected chi connectivity index (χ1v) is 5.04. The van der Waals surface area contributed by atoms with Crippen LogP contribution in [-0.2, 0) is 21.8 Å². The largest absolute Gasteiger partial charge is 0.506 e. The Morgan fingerprint density at radius 3 is 2.81 bits per heavy atom. The topological polar surface area (TPSA) is 70.3 Å². The van der Waals surface area contributed by atoms with E-state index in [0.29, 0.717) is 11.1 Å². The lowest BCUT2D eigenvalue weighted by Crippen LogP contribution is -2.07. The number of esters is 1. The molecule has 0 aliphatic heterocycles. The molecule has 16 heavy (non-hydrogen) atoms. The van der Waals surface area contributed by atoms with Crippen molar-refractivity contribution in [3.63, 3.8) is 0 Å². The van der Waals surface area contributed by atoms with Crippen LogP contribution in [0.25, 0.3) is 0 Å². The number of nitrogens with zero attached hydrogens (tertiary/aromatic N) is 1. The highest BCUT2D eigenvalue weighted by molar-refractivity contribution is 6.17. The highest BCUT2D eigenvalue weighted by Gasteiger charge is 2.15. The van der Waals surface area contributed by atoms with Crippen LogP contribution in [0.15, 0.2) is 12.1 Å². The van der Waals surface area contributed by atoms with Crippen molar-refractivity contribution >= 4 is 17.6 Å². The molecule has 0 aliphatic carbocycles. The first kappa shape index (κ1) is 12.3. The third kappa shape index (κ3) is 2.44. The van der Waals surface area contributed by atoms with Crippen LogP contribution in [0.3, 0.4) is 0 Å². The molecule has 0 saturated carbocycles. The van der Waals surface area contributed by atoms with Gasteiger partial charge in [0.25, 0.3) is 0 Å². The summed E-state index contributed by atoms with van der Waals surface area (Å²) in [4.78, 5) is 11.1. The van der Waals surface area contributed by atoms with E-state index in [1.807, 2.05) is 6.07 Å². The fraction of sp³-hybridized carbons (Fsp3) is 0.273. The Labute approximate surface area is 98.0 Å². The first-order valence-electron chi connectivity index (χ1n) is 4.50. The second kappa shape index (κ2) is 5.38. The van der Waals surface area contributed by atoms with Crippen LogP contribution in [-0.4, -0.2) is 18.2 Å². The van der Waals surface area contributed by atoms with Crippen molar-refractivity contribution in [3.8, 4) is 11.8 Å². The molecule has 5 heteroatoms. The van der Waals surface area contributed by atoms with Crippen molar-refractivity contribution in [2.75, 3.05) is 7.11 Å². The Morgan fingerprint density at radius 2 is 2.31 bits per heavy atom. The lowest BCUT2D eigenvalue weighted by molar-refractivity contribution is -0.139. The van der Waals surface area contributed by atoms with Crippen molar-refractivity contribution < 1.29 is 14.6 Å².